The summed E-state index contributed by atoms with van der Waals surface area (Å²) in [4.78, 5) is 41.7. The summed E-state index contributed by atoms with van der Waals surface area (Å²) in [7, 11) is 1.23. The van der Waals surface area contributed by atoms with E-state index in [1.165, 1.54) is 13.2 Å². The van der Waals surface area contributed by atoms with Gasteiger partial charge in [0.25, 0.3) is 0 Å². The lowest BCUT2D eigenvalue weighted by atomic mass is 9.98. The lowest BCUT2D eigenvalue weighted by molar-refractivity contribution is -0.145. The van der Waals surface area contributed by atoms with Crippen LogP contribution in [0.2, 0.25) is 0 Å². The zero-order valence-corrected chi connectivity index (χ0v) is 22.0. The lowest BCUT2D eigenvalue weighted by Crippen LogP contribution is -2.52. The molecule has 0 saturated heterocycles. The SMILES string of the molecule is C=CC[C@H](NC(=O)[C@H](CCCN=C(N)N)NC(=O)OCC1c2ccccc2-c2ccccc21)C(=O)OC.Cl. The molecule has 0 heterocycles. The van der Waals surface area contributed by atoms with Crippen LogP contribution in [0, 0.1) is 0 Å². The first kappa shape index (κ1) is 30.2. The van der Waals surface area contributed by atoms with Crippen molar-refractivity contribution in [2.45, 2.75) is 37.3 Å². The first-order chi connectivity index (χ1) is 17.8. The number of hydrogen-bond donors (Lipinski definition) is 4. The normalized spacial score (nSPS) is 13.0. The van der Waals surface area contributed by atoms with Crippen LogP contribution < -0.4 is 22.1 Å². The van der Waals surface area contributed by atoms with Crippen molar-refractivity contribution in [2.75, 3.05) is 20.3 Å². The molecule has 0 aromatic heterocycles. The third-order valence-electron chi connectivity index (χ3n) is 6.10. The topological polar surface area (TPSA) is 158 Å². The highest BCUT2D eigenvalue weighted by Crippen LogP contribution is 2.44. The molecule has 38 heavy (non-hydrogen) atoms. The highest BCUT2D eigenvalue weighted by molar-refractivity contribution is 5.89. The molecule has 0 aliphatic heterocycles. The van der Waals surface area contributed by atoms with Crippen molar-refractivity contribution in [3.05, 3.63) is 72.3 Å². The summed E-state index contributed by atoms with van der Waals surface area (Å²) in [6.45, 7) is 3.97. The maximum Gasteiger partial charge on any atom is 0.407 e. The number of alkyl carbamates (subject to hydrolysis) is 1. The molecule has 0 fully saturated rings. The summed E-state index contributed by atoms with van der Waals surface area (Å²) < 4.78 is 10.3. The van der Waals surface area contributed by atoms with E-state index in [0.29, 0.717) is 6.42 Å². The number of nitrogens with one attached hydrogen (secondary N) is 2. The standard InChI is InChI=1S/C27H33N5O5.ClH/c1-3-9-23(25(34)36-2)31-24(33)22(14-8-15-30-26(28)29)32-27(35)37-16-21-19-12-6-4-10-17(19)18-11-5-7-13-20(18)21;/h3-7,10-13,21-23H,1,8-9,14-16H2,2H3,(H,31,33)(H,32,35)(H4,28,29,30);1H/t22-,23-;/m0./s1. The van der Waals surface area contributed by atoms with Crippen molar-refractivity contribution in [3.8, 4) is 11.1 Å². The number of amides is 2. The van der Waals surface area contributed by atoms with E-state index in [1.807, 2.05) is 48.5 Å². The van der Waals surface area contributed by atoms with Crippen LogP contribution in [0.4, 0.5) is 4.79 Å². The zero-order valence-electron chi connectivity index (χ0n) is 21.2. The second kappa shape index (κ2) is 14.6. The van der Waals surface area contributed by atoms with E-state index in [0.717, 1.165) is 22.3 Å². The van der Waals surface area contributed by atoms with E-state index in [9.17, 15) is 14.4 Å². The second-order valence-electron chi connectivity index (χ2n) is 8.58. The number of nitrogens with zero attached hydrogens (tertiary/aromatic N) is 1. The van der Waals surface area contributed by atoms with Crippen LogP contribution in [0.25, 0.3) is 11.1 Å². The third kappa shape index (κ3) is 7.72. The van der Waals surface area contributed by atoms with Crippen LogP contribution in [0.1, 0.15) is 36.3 Å². The van der Waals surface area contributed by atoms with Crippen molar-refractivity contribution in [2.24, 2.45) is 16.5 Å². The van der Waals surface area contributed by atoms with E-state index in [2.05, 4.69) is 22.2 Å². The molecule has 6 N–H and O–H groups in total. The molecule has 3 rings (SSSR count). The largest absolute Gasteiger partial charge is 0.467 e. The summed E-state index contributed by atoms with van der Waals surface area (Å²) >= 11 is 0. The van der Waals surface area contributed by atoms with E-state index >= 15 is 0 Å². The first-order valence-electron chi connectivity index (χ1n) is 12.0. The van der Waals surface area contributed by atoms with Gasteiger partial charge >= 0.3 is 12.1 Å². The maximum absolute atomic E-state index is 13.0. The Morgan fingerprint density at radius 3 is 2.18 bits per heavy atom. The summed E-state index contributed by atoms with van der Waals surface area (Å²) in [5.74, 6) is -1.37. The summed E-state index contributed by atoms with van der Waals surface area (Å²) in [6.07, 6.45) is 1.54. The first-order valence-corrected chi connectivity index (χ1v) is 12.0. The maximum atomic E-state index is 13.0. The molecule has 11 heteroatoms. The number of benzene rings is 2. The molecule has 2 amide bonds. The fourth-order valence-corrected chi connectivity index (χ4v) is 4.35. The van der Waals surface area contributed by atoms with Gasteiger partial charge in [0.05, 0.1) is 7.11 Å². The average molecular weight is 544 g/mol. The van der Waals surface area contributed by atoms with Gasteiger partial charge in [-0.05, 0) is 41.5 Å². The Hall–Kier alpha value is -4.05. The number of ether oxygens (including phenoxy) is 2. The fraction of sp³-hybridized carbons (Fsp3) is 0.333. The number of carbonyl (C=O) groups excluding carboxylic acids is 3. The molecule has 1 aliphatic rings. The number of methoxy groups -OCH3 is 1. The number of nitrogens with two attached hydrogens (primary N) is 2. The number of halogens is 1. The van der Waals surface area contributed by atoms with Crippen molar-refractivity contribution < 1.29 is 23.9 Å². The van der Waals surface area contributed by atoms with Crippen LogP contribution in [-0.2, 0) is 19.1 Å². The molecular weight excluding hydrogens is 510 g/mol. The van der Waals surface area contributed by atoms with Crippen molar-refractivity contribution >= 4 is 36.3 Å². The molecule has 2 aromatic rings. The minimum atomic E-state index is -0.984. The van der Waals surface area contributed by atoms with E-state index < -0.39 is 30.1 Å². The van der Waals surface area contributed by atoms with Gasteiger partial charge in [-0.15, -0.1) is 19.0 Å². The number of hydrogen-bond acceptors (Lipinski definition) is 6. The predicted molar refractivity (Wildman–Crippen MR) is 148 cm³/mol. The Bertz CT molecular complexity index is 1120. The van der Waals surface area contributed by atoms with Crippen molar-refractivity contribution in [1.82, 2.24) is 10.6 Å². The molecule has 10 nitrogen and oxygen atoms in total. The Labute approximate surface area is 228 Å². The lowest BCUT2D eigenvalue weighted by Gasteiger charge is -2.22. The minimum Gasteiger partial charge on any atom is -0.467 e. The molecule has 204 valence electrons. The highest BCUT2D eigenvalue weighted by atomic mass is 35.5. The number of aliphatic imine (C=N–C) groups is 1. The van der Waals surface area contributed by atoms with Crippen LogP contribution in [0.15, 0.2) is 66.2 Å². The van der Waals surface area contributed by atoms with Crippen LogP contribution in [-0.4, -0.2) is 56.3 Å². The Morgan fingerprint density at radius 2 is 1.63 bits per heavy atom. The van der Waals surface area contributed by atoms with Gasteiger partial charge in [0.1, 0.15) is 18.7 Å². The number of rotatable bonds is 12. The van der Waals surface area contributed by atoms with Crippen molar-refractivity contribution in [3.63, 3.8) is 0 Å². The Kier molecular flexibility index (Phi) is 11.6. The smallest absolute Gasteiger partial charge is 0.407 e. The molecule has 0 saturated carbocycles. The van der Waals surface area contributed by atoms with E-state index in [-0.39, 0.29) is 50.3 Å². The minimum absolute atomic E-state index is 0. The molecule has 1 aliphatic carbocycles. The van der Waals surface area contributed by atoms with Gasteiger partial charge in [-0.2, -0.15) is 0 Å². The molecule has 0 bridgehead atoms. The van der Waals surface area contributed by atoms with Crippen LogP contribution in [0.3, 0.4) is 0 Å². The zero-order chi connectivity index (χ0) is 26.8. The monoisotopic (exact) mass is 543 g/mol. The molecule has 0 unspecified atom stereocenters. The van der Waals surface area contributed by atoms with Gasteiger partial charge in [0, 0.05) is 12.5 Å². The number of esters is 1. The Morgan fingerprint density at radius 1 is 1.03 bits per heavy atom. The molecular formula is C27H34ClN5O5. The van der Waals surface area contributed by atoms with Gasteiger partial charge in [0.15, 0.2) is 5.96 Å². The Balaban J connectivity index is 0.00000507. The number of guanidine groups is 1. The highest BCUT2D eigenvalue weighted by Gasteiger charge is 2.30. The van der Waals surface area contributed by atoms with Gasteiger partial charge in [0.2, 0.25) is 5.91 Å². The van der Waals surface area contributed by atoms with E-state index in [4.69, 9.17) is 20.9 Å². The fourth-order valence-electron chi connectivity index (χ4n) is 4.35. The van der Waals surface area contributed by atoms with E-state index in [1.54, 1.807) is 0 Å². The number of carbonyl (C=O) groups is 3. The number of fused-ring (bicyclic) bond motifs is 3. The van der Waals surface area contributed by atoms with Gasteiger partial charge in [-0.3, -0.25) is 9.79 Å². The molecule has 0 spiro atoms. The summed E-state index contributed by atoms with van der Waals surface area (Å²) in [6, 6.07) is 14.1. The van der Waals surface area contributed by atoms with Crippen LogP contribution in [0.5, 0.6) is 0 Å². The quantitative estimate of drug-likeness (QED) is 0.105. The summed E-state index contributed by atoms with van der Waals surface area (Å²) in [5.41, 5.74) is 15.1. The van der Waals surface area contributed by atoms with Gasteiger partial charge in [-0.25, -0.2) is 9.59 Å². The van der Waals surface area contributed by atoms with Gasteiger partial charge in [-0.1, -0.05) is 54.6 Å². The summed E-state index contributed by atoms with van der Waals surface area (Å²) in [5, 5.41) is 5.23. The average Bonchev–Trinajstić information content (AvgIpc) is 3.22. The second-order valence-corrected chi connectivity index (χ2v) is 8.58. The van der Waals surface area contributed by atoms with Gasteiger partial charge < -0.3 is 31.6 Å². The molecule has 2 aromatic carbocycles. The third-order valence-corrected chi connectivity index (χ3v) is 6.10. The predicted octanol–water partition coefficient (Wildman–Crippen LogP) is 2.60. The van der Waals surface area contributed by atoms with Crippen LogP contribution >= 0.6 is 12.4 Å². The molecule has 0 radical (unpaired) electrons. The molecule has 2 atom stereocenters. The van der Waals surface area contributed by atoms with Crippen molar-refractivity contribution in [1.29, 1.82) is 0 Å².